The lowest BCUT2D eigenvalue weighted by atomic mass is 9.66. The number of carboxylic acid groups (broad SMARTS) is 1. The van der Waals surface area contributed by atoms with E-state index in [0.717, 1.165) is 6.42 Å². The van der Waals surface area contributed by atoms with Gasteiger partial charge in [-0.2, -0.15) is 0 Å². The Morgan fingerprint density at radius 2 is 1.78 bits per heavy atom. The Hall–Kier alpha value is -2.96. The first-order valence-electron chi connectivity index (χ1n) is 8.60. The van der Waals surface area contributed by atoms with Crippen molar-refractivity contribution in [2.75, 3.05) is 0 Å². The Bertz CT molecular complexity index is 865. The molecular formula is C20H19F2NO4. The van der Waals surface area contributed by atoms with Gasteiger partial charge in [0, 0.05) is 13.0 Å². The van der Waals surface area contributed by atoms with Gasteiger partial charge < -0.3 is 15.2 Å². The van der Waals surface area contributed by atoms with Crippen LogP contribution in [0, 0.1) is 17.0 Å². The third kappa shape index (κ3) is 4.24. The van der Waals surface area contributed by atoms with E-state index >= 15 is 0 Å². The third-order valence-electron chi connectivity index (χ3n) is 4.81. The summed E-state index contributed by atoms with van der Waals surface area (Å²) in [6.07, 6.45) is 1.70. The molecule has 142 valence electrons. The molecule has 5 nitrogen and oxygen atoms in total. The van der Waals surface area contributed by atoms with Crippen LogP contribution in [0.15, 0.2) is 42.5 Å². The number of benzene rings is 2. The molecule has 1 fully saturated rings. The van der Waals surface area contributed by atoms with Gasteiger partial charge in [0.25, 0.3) is 0 Å². The van der Waals surface area contributed by atoms with E-state index in [1.165, 1.54) is 30.3 Å². The van der Waals surface area contributed by atoms with Crippen molar-refractivity contribution in [1.82, 2.24) is 5.32 Å². The summed E-state index contributed by atoms with van der Waals surface area (Å²) in [7, 11) is 0. The molecule has 1 amide bonds. The standard InChI is InChI=1S/C20H19F2NO4/c21-14-4-1-2-5-16(14)27-17-7-6-13(10-15(17)22)12-23-18(24)11-20(19(25)26)8-3-9-20/h1-2,4-7,10H,3,8-9,11-12H2,(H,23,24)(H,25,26). The predicted molar refractivity (Wildman–Crippen MR) is 93.3 cm³/mol. The van der Waals surface area contributed by atoms with Gasteiger partial charge in [0.2, 0.25) is 5.91 Å². The van der Waals surface area contributed by atoms with Crippen LogP contribution < -0.4 is 10.1 Å². The maximum Gasteiger partial charge on any atom is 0.310 e. The van der Waals surface area contributed by atoms with Crippen molar-refractivity contribution in [3.63, 3.8) is 0 Å². The van der Waals surface area contributed by atoms with Gasteiger partial charge in [-0.1, -0.05) is 24.6 Å². The maximum atomic E-state index is 14.2. The van der Waals surface area contributed by atoms with E-state index in [2.05, 4.69) is 5.32 Å². The average molecular weight is 375 g/mol. The van der Waals surface area contributed by atoms with Crippen LogP contribution in [-0.4, -0.2) is 17.0 Å². The Balaban J connectivity index is 1.58. The van der Waals surface area contributed by atoms with Crippen LogP contribution in [0.3, 0.4) is 0 Å². The van der Waals surface area contributed by atoms with E-state index in [9.17, 15) is 23.5 Å². The summed E-state index contributed by atoms with van der Waals surface area (Å²) in [6, 6.07) is 9.77. The Morgan fingerprint density at radius 3 is 2.37 bits per heavy atom. The third-order valence-corrected chi connectivity index (χ3v) is 4.81. The van der Waals surface area contributed by atoms with E-state index in [0.29, 0.717) is 18.4 Å². The summed E-state index contributed by atoms with van der Waals surface area (Å²) in [4.78, 5) is 23.3. The van der Waals surface area contributed by atoms with Crippen molar-refractivity contribution in [1.29, 1.82) is 0 Å². The average Bonchev–Trinajstić information content (AvgIpc) is 2.60. The summed E-state index contributed by atoms with van der Waals surface area (Å²) in [5, 5.41) is 11.9. The van der Waals surface area contributed by atoms with Crippen molar-refractivity contribution >= 4 is 11.9 Å². The van der Waals surface area contributed by atoms with Gasteiger partial charge in [-0.05, 0) is 42.7 Å². The van der Waals surface area contributed by atoms with Gasteiger partial charge in [0.15, 0.2) is 23.1 Å². The number of halogens is 2. The normalized spacial score (nSPS) is 14.9. The summed E-state index contributed by atoms with van der Waals surface area (Å²) < 4.78 is 33.0. The Labute approximate surface area is 155 Å². The highest BCUT2D eigenvalue weighted by molar-refractivity contribution is 5.85. The number of ether oxygens (including phenoxy) is 1. The minimum atomic E-state index is -0.965. The zero-order valence-corrected chi connectivity index (χ0v) is 14.5. The summed E-state index contributed by atoms with van der Waals surface area (Å²) >= 11 is 0. The quantitative estimate of drug-likeness (QED) is 0.767. The van der Waals surface area contributed by atoms with E-state index in [4.69, 9.17) is 4.74 Å². The van der Waals surface area contributed by atoms with Crippen LogP contribution in [0.5, 0.6) is 11.5 Å². The van der Waals surface area contributed by atoms with E-state index in [1.807, 2.05) is 0 Å². The summed E-state index contributed by atoms with van der Waals surface area (Å²) in [5.74, 6) is -2.84. The number of rotatable bonds is 7. The highest BCUT2D eigenvalue weighted by atomic mass is 19.1. The van der Waals surface area contributed by atoms with Crippen LogP contribution in [0.4, 0.5) is 8.78 Å². The SMILES string of the molecule is O=C(CC1(C(=O)O)CCC1)NCc1ccc(Oc2ccccc2F)c(F)c1. The second-order valence-electron chi connectivity index (χ2n) is 6.69. The van der Waals surface area contributed by atoms with Crippen LogP contribution in [0.2, 0.25) is 0 Å². The molecule has 1 saturated carbocycles. The van der Waals surface area contributed by atoms with Gasteiger partial charge in [-0.3, -0.25) is 9.59 Å². The minimum absolute atomic E-state index is 0.0609. The van der Waals surface area contributed by atoms with Crippen LogP contribution in [0.25, 0.3) is 0 Å². The van der Waals surface area contributed by atoms with Gasteiger partial charge in [0.05, 0.1) is 5.41 Å². The molecule has 2 N–H and O–H groups in total. The molecule has 0 aliphatic heterocycles. The monoisotopic (exact) mass is 375 g/mol. The molecule has 1 aliphatic rings. The number of aliphatic carboxylic acids is 1. The molecule has 0 aromatic heterocycles. The number of amides is 1. The van der Waals surface area contributed by atoms with Crippen LogP contribution in [-0.2, 0) is 16.1 Å². The molecule has 0 saturated heterocycles. The van der Waals surface area contributed by atoms with Crippen molar-refractivity contribution < 1.29 is 28.2 Å². The molecule has 27 heavy (non-hydrogen) atoms. The van der Waals surface area contributed by atoms with Crippen LogP contribution >= 0.6 is 0 Å². The number of nitrogens with one attached hydrogen (secondary N) is 1. The number of carboxylic acids is 1. The molecule has 2 aromatic carbocycles. The van der Waals surface area contributed by atoms with Gasteiger partial charge in [0.1, 0.15) is 0 Å². The summed E-state index contributed by atoms with van der Waals surface area (Å²) in [5.41, 5.74) is -0.480. The highest BCUT2D eigenvalue weighted by Gasteiger charge is 2.45. The lowest BCUT2D eigenvalue weighted by molar-refractivity contribution is -0.157. The van der Waals surface area contributed by atoms with Gasteiger partial charge in [-0.25, -0.2) is 8.78 Å². The maximum absolute atomic E-state index is 14.2. The molecule has 3 rings (SSSR count). The zero-order chi connectivity index (χ0) is 19.4. The summed E-state index contributed by atoms with van der Waals surface area (Å²) in [6.45, 7) is 0.0609. The number of hydrogen-bond acceptors (Lipinski definition) is 3. The first-order valence-corrected chi connectivity index (χ1v) is 8.60. The fraction of sp³-hybridized carbons (Fsp3) is 0.300. The minimum Gasteiger partial charge on any atom is -0.481 e. The molecule has 1 aliphatic carbocycles. The van der Waals surface area contributed by atoms with Gasteiger partial charge >= 0.3 is 5.97 Å². The zero-order valence-electron chi connectivity index (χ0n) is 14.5. The second kappa shape index (κ2) is 7.73. The lowest BCUT2D eigenvalue weighted by Crippen LogP contribution is -2.42. The molecule has 0 radical (unpaired) electrons. The molecule has 7 heteroatoms. The second-order valence-corrected chi connectivity index (χ2v) is 6.69. The van der Waals surface area contributed by atoms with Gasteiger partial charge in [-0.15, -0.1) is 0 Å². The van der Waals surface area contributed by atoms with Crippen LogP contribution in [0.1, 0.15) is 31.2 Å². The molecule has 0 atom stereocenters. The number of para-hydroxylation sites is 1. The van der Waals surface area contributed by atoms with Crippen molar-refractivity contribution in [2.24, 2.45) is 5.41 Å². The Morgan fingerprint density at radius 1 is 1.07 bits per heavy atom. The first-order chi connectivity index (χ1) is 12.9. The smallest absolute Gasteiger partial charge is 0.310 e. The fourth-order valence-electron chi connectivity index (χ4n) is 3.02. The topological polar surface area (TPSA) is 75.6 Å². The molecular weight excluding hydrogens is 356 g/mol. The van der Waals surface area contributed by atoms with Crippen molar-refractivity contribution in [3.05, 3.63) is 59.7 Å². The van der Waals surface area contributed by atoms with Crippen molar-refractivity contribution in [3.8, 4) is 11.5 Å². The van der Waals surface area contributed by atoms with E-state index in [1.54, 1.807) is 12.1 Å². The number of hydrogen-bond donors (Lipinski definition) is 2. The molecule has 0 bridgehead atoms. The number of carbonyl (C=O) groups excluding carboxylic acids is 1. The lowest BCUT2D eigenvalue weighted by Gasteiger charge is -2.36. The fourth-order valence-corrected chi connectivity index (χ4v) is 3.02. The highest BCUT2D eigenvalue weighted by Crippen LogP contribution is 2.44. The first kappa shape index (κ1) is 18.8. The molecule has 0 spiro atoms. The largest absolute Gasteiger partial charge is 0.481 e. The number of carbonyl (C=O) groups is 2. The molecule has 2 aromatic rings. The predicted octanol–water partition coefficient (Wildman–Crippen LogP) is 4.02. The molecule has 0 heterocycles. The van der Waals surface area contributed by atoms with Crippen molar-refractivity contribution in [2.45, 2.75) is 32.2 Å². The Kier molecular flexibility index (Phi) is 5.39. The molecule has 0 unspecified atom stereocenters. The van der Waals surface area contributed by atoms with E-state index in [-0.39, 0.29) is 30.4 Å². The van der Waals surface area contributed by atoms with E-state index < -0.39 is 23.0 Å².